The van der Waals surface area contributed by atoms with Crippen LogP contribution in [-0.4, -0.2) is 48.6 Å². The molecule has 4 rings (SSSR count). The molecule has 164 valence electrons. The van der Waals surface area contributed by atoms with Gasteiger partial charge >= 0.3 is 12.0 Å². The van der Waals surface area contributed by atoms with Gasteiger partial charge in [-0.3, -0.25) is 0 Å². The maximum absolute atomic E-state index is 13.1. The van der Waals surface area contributed by atoms with E-state index in [2.05, 4.69) is 22.3 Å². The molecule has 1 aliphatic heterocycles. The van der Waals surface area contributed by atoms with Crippen LogP contribution in [0.25, 0.3) is 0 Å². The lowest BCUT2D eigenvalue weighted by atomic mass is 9.81. The number of piperazine rings is 1. The first-order valence-corrected chi connectivity index (χ1v) is 11.2. The number of hydrogen-bond donors (Lipinski definition) is 1. The molecule has 1 aliphatic carbocycles. The Kier molecular flexibility index (Phi) is 6.75. The number of para-hydroxylation sites is 1. The van der Waals surface area contributed by atoms with Crippen LogP contribution in [0.15, 0.2) is 60.7 Å². The number of ether oxygens (including phenoxy) is 1. The highest BCUT2D eigenvalue weighted by Crippen LogP contribution is 2.30. The fraction of sp³-hybridized carbons (Fsp3) is 0.440. The van der Waals surface area contributed by atoms with Crippen LogP contribution in [0.1, 0.15) is 37.7 Å². The van der Waals surface area contributed by atoms with Crippen molar-refractivity contribution >= 4 is 17.7 Å². The zero-order valence-electron chi connectivity index (χ0n) is 18.0. The van der Waals surface area contributed by atoms with Crippen molar-refractivity contribution in [3.63, 3.8) is 0 Å². The molecule has 2 amide bonds. The summed E-state index contributed by atoms with van der Waals surface area (Å²) in [6, 6.07) is 19.8. The second kappa shape index (κ2) is 9.86. The summed E-state index contributed by atoms with van der Waals surface area (Å²) in [7, 11) is 0. The van der Waals surface area contributed by atoms with E-state index in [-0.39, 0.29) is 18.6 Å². The number of anilines is 1. The standard InChI is InChI=1S/C25H31N3O3/c29-23(31-20-21-10-4-1-5-11-21)25(14-8-3-9-15-25)26-24(30)28-18-16-27(17-19-28)22-12-6-2-7-13-22/h1-2,4-7,10-13H,3,8-9,14-20H2,(H,26,30). The van der Waals surface area contributed by atoms with Gasteiger partial charge in [-0.15, -0.1) is 0 Å². The lowest BCUT2D eigenvalue weighted by molar-refractivity contribution is -0.154. The first-order chi connectivity index (χ1) is 15.2. The summed E-state index contributed by atoms with van der Waals surface area (Å²) >= 11 is 0. The van der Waals surface area contributed by atoms with Crippen molar-refractivity contribution in [2.24, 2.45) is 0 Å². The first kappa shape index (κ1) is 21.2. The summed E-state index contributed by atoms with van der Waals surface area (Å²) in [5.41, 5.74) is 1.21. The summed E-state index contributed by atoms with van der Waals surface area (Å²) in [6.45, 7) is 3.06. The SMILES string of the molecule is O=C(NC1(C(=O)OCc2ccccc2)CCCCC1)N1CCN(c2ccccc2)CC1. The molecule has 6 nitrogen and oxygen atoms in total. The van der Waals surface area contributed by atoms with Crippen molar-refractivity contribution in [3.05, 3.63) is 66.2 Å². The Morgan fingerprint density at radius 1 is 0.839 bits per heavy atom. The Hall–Kier alpha value is -3.02. The number of rotatable bonds is 5. The average Bonchev–Trinajstić information content (AvgIpc) is 2.84. The van der Waals surface area contributed by atoms with E-state index < -0.39 is 5.54 Å². The molecule has 2 fully saturated rings. The highest BCUT2D eigenvalue weighted by Gasteiger charge is 2.43. The van der Waals surface area contributed by atoms with Crippen LogP contribution in [-0.2, 0) is 16.1 Å². The number of carbonyl (C=O) groups excluding carboxylic acids is 2. The van der Waals surface area contributed by atoms with Crippen LogP contribution in [0.2, 0.25) is 0 Å². The van der Waals surface area contributed by atoms with Crippen LogP contribution in [0.5, 0.6) is 0 Å². The molecule has 2 aromatic rings. The van der Waals surface area contributed by atoms with Crippen molar-refractivity contribution < 1.29 is 14.3 Å². The number of nitrogens with zero attached hydrogens (tertiary/aromatic N) is 2. The van der Waals surface area contributed by atoms with Gasteiger partial charge in [0.05, 0.1) is 0 Å². The van der Waals surface area contributed by atoms with E-state index in [9.17, 15) is 9.59 Å². The Balaban J connectivity index is 1.36. The molecule has 0 aromatic heterocycles. The monoisotopic (exact) mass is 421 g/mol. The molecule has 0 bridgehead atoms. The zero-order chi connectivity index (χ0) is 21.5. The van der Waals surface area contributed by atoms with Gasteiger partial charge in [-0.1, -0.05) is 67.8 Å². The molecule has 0 atom stereocenters. The average molecular weight is 422 g/mol. The molecule has 6 heteroatoms. The molecular weight excluding hydrogens is 390 g/mol. The lowest BCUT2D eigenvalue weighted by Gasteiger charge is -2.40. The first-order valence-electron chi connectivity index (χ1n) is 11.2. The lowest BCUT2D eigenvalue weighted by Crippen LogP contribution is -2.61. The number of esters is 1. The number of urea groups is 1. The molecule has 1 saturated carbocycles. The van der Waals surface area contributed by atoms with Crippen molar-refractivity contribution in [2.75, 3.05) is 31.1 Å². The Bertz CT molecular complexity index is 858. The Labute approximate surface area is 184 Å². The molecule has 0 spiro atoms. The van der Waals surface area contributed by atoms with Gasteiger partial charge in [0.25, 0.3) is 0 Å². The minimum absolute atomic E-state index is 0.161. The van der Waals surface area contributed by atoms with Gasteiger partial charge in [0.15, 0.2) is 0 Å². The van der Waals surface area contributed by atoms with E-state index in [1.54, 1.807) is 0 Å². The van der Waals surface area contributed by atoms with Crippen molar-refractivity contribution in [1.29, 1.82) is 0 Å². The van der Waals surface area contributed by atoms with Gasteiger partial charge in [-0.05, 0) is 30.5 Å². The largest absolute Gasteiger partial charge is 0.459 e. The van der Waals surface area contributed by atoms with E-state index in [1.165, 1.54) is 5.69 Å². The molecule has 1 heterocycles. The van der Waals surface area contributed by atoms with Gasteiger partial charge in [0, 0.05) is 31.9 Å². The quantitative estimate of drug-likeness (QED) is 0.743. The van der Waals surface area contributed by atoms with Crippen molar-refractivity contribution in [2.45, 2.75) is 44.2 Å². The van der Waals surface area contributed by atoms with Crippen molar-refractivity contribution in [1.82, 2.24) is 10.2 Å². The van der Waals surface area contributed by atoms with Gasteiger partial charge in [-0.2, -0.15) is 0 Å². The summed E-state index contributed by atoms with van der Waals surface area (Å²) in [5, 5.41) is 3.09. The summed E-state index contributed by atoms with van der Waals surface area (Å²) in [6.07, 6.45) is 4.19. The predicted molar refractivity (Wildman–Crippen MR) is 121 cm³/mol. The normalized spacial score (nSPS) is 18.3. The molecular formula is C25H31N3O3. The number of nitrogens with one attached hydrogen (secondary N) is 1. The fourth-order valence-electron chi connectivity index (χ4n) is 4.49. The molecule has 1 N–H and O–H groups in total. The Morgan fingerprint density at radius 2 is 1.45 bits per heavy atom. The molecule has 0 radical (unpaired) electrons. The van der Waals surface area contributed by atoms with Crippen LogP contribution in [0, 0.1) is 0 Å². The fourth-order valence-corrected chi connectivity index (χ4v) is 4.49. The van der Waals surface area contributed by atoms with E-state index in [1.807, 2.05) is 53.4 Å². The van der Waals surface area contributed by atoms with Crippen LogP contribution in [0.4, 0.5) is 10.5 Å². The van der Waals surface area contributed by atoms with Crippen LogP contribution >= 0.6 is 0 Å². The van der Waals surface area contributed by atoms with Gasteiger partial charge in [0.2, 0.25) is 0 Å². The minimum atomic E-state index is -0.916. The van der Waals surface area contributed by atoms with Crippen molar-refractivity contribution in [3.8, 4) is 0 Å². The van der Waals surface area contributed by atoms with Crippen LogP contribution < -0.4 is 10.2 Å². The molecule has 0 unspecified atom stereocenters. The highest BCUT2D eigenvalue weighted by molar-refractivity contribution is 5.87. The third kappa shape index (κ3) is 5.19. The molecule has 2 aliphatic rings. The van der Waals surface area contributed by atoms with Gasteiger partial charge in [0.1, 0.15) is 12.1 Å². The zero-order valence-corrected chi connectivity index (χ0v) is 18.0. The smallest absolute Gasteiger partial charge is 0.332 e. The Morgan fingerprint density at radius 3 is 2.10 bits per heavy atom. The topological polar surface area (TPSA) is 61.9 Å². The highest BCUT2D eigenvalue weighted by atomic mass is 16.5. The summed E-state index contributed by atoms with van der Waals surface area (Å²) < 4.78 is 5.65. The maximum atomic E-state index is 13.1. The molecule has 1 saturated heterocycles. The third-order valence-corrected chi connectivity index (χ3v) is 6.35. The number of benzene rings is 2. The second-order valence-corrected chi connectivity index (χ2v) is 8.44. The number of hydrogen-bond acceptors (Lipinski definition) is 4. The van der Waals surface area contributed by atoms with Gasteiger partial charge < -0.3 is 19.9 Å². The maximum Gasteiger partial charge on any atom is 0.332 e. The van der Waals surface area contributed by atoms with E-state index in [0.29, 0.717) is 25.9 Å². The van der Waals surface area contributed by atoms with E-state index >= 15 is 0 Å². The molecule has 2 aromatic carbocycles. The number of amides is 2. The summed E-state index contributed by atoms with van der Waals surface area (Å²) in [5.74, 6) is -0.313. The summed E-state index contributed by atoms with van der Waals surface area (Å²) in [4.78, 5) is 30.3. The second-order valence-electron chi connectivity index (χ2n) is 8.44. The number of carbonyl (C=O) groups is 2. The van der Waals surface area contributed by atoms with Crippen LogP contribution in [0.3, 0.4) is 0 Å². The predicted octanol–water partition coefficient (Wildman–Crippen LogP) is 3.96. The minimum Gasteiger partial charge on any atom is -0.459 e. The van der Waals surface area contributed by atoms with E-state index in [4.69, 9.17) is 4.74 Å². The molecule has 31 heavy (non-hydrogen) atoms. The van der Waals surface area contributed by atoms with E-state index in [0.717, 1.165) is 37.9 Å². The van der Waals surface area contributed by atoms with Gasteiger partial charge in [-0.25, -0.2) is 9.59 Å². The third-order valence-electron chi connectivity index (χ3n) is 6.35.